The molecule has 2 aliphatic heterocycles. The van der Waals surface area contributed by atoms with Gasteiger partial charge in [0.05, 0.1) is 10.6 Å². The number of Topliss-reactive ketones (excluding diaryl/α,β-unsaturated/α-hetero) is 1. The molecule has 1 atom stereocenters. The number of halogens is 1. The molecular weight excluding hydrogens is 447 g/mol. The van der Waals surface area contributed by atoms with Crippen molar-refractivity contribution in [1.29, 1.82) is 0 Å². The van der Waals surface area contributed by atoms with Crippen molar-refractivity contribution in [2.45, 2.75) is 43.2 Å². The average molecular weight is 473 g/mol. The van der Waals surface area contributed by atoms with E-state index < -0.39 is 21.9 Å². The van der Waals surface area contributed by atoms with Crippen molar-refractivity contribution in [2.24, 2.45) is 5.10 Å². The molecule has 4 rings (SSSR count). The summed E-state index contributed by atoms with van der Waals surface area (Å²) in [6, 6.07) is 13.0. The highest BCUT2D eigenvalue weighted by Crippen LogP contribution is 2.26. The Labute approximate surface area is 192 Å². The van der Waals surface area contributed by atoms with Crippen LogP contribution < -0.4 is 9.73 Å². The molecule has 10 heteroatoms. The zero-order chi connectivity index (χ0) is 23.6. The second-order valence-corrected chi connectivity index (χ2v) is 9.91. The summed E-state index contributed by atoms with van der Waals surface area (Å²) < 4.78 is 40.8. The van der Waals surface area contributed by atoms with Crippen LogP contribution in [0.25, 0.3) is 0 Å². The number of hydrazone groups is 1. The number of amides is 1. The number of carbonyl (C=O) groups excluding carboxylic acids is 2. The minimum absolute atomic E-state index is 0.000930. The maximum atomic E-state index is 13.1. The van der Waals surface area contributed by atoms with Crippen LogP contribution in [0.15, 0.2) is 64.6 Å². The number of hydrogen-bond acceptors (Lipinski definition) is 6. The van der Waals surface area contributed by atoms with Crippen LogP contribution in [0.4, 0.5) is 10.1 Å². The third kappa shape index (κ3) is 5.12. The van der Waals surface area contributed by atoms with E-state index in [1.54, 1.807) is 9.91 Å². The van der Waals surface area contributed by atoms with Gasteiger partial charge in [-0.3, -0.25) is 14.6 Å². The quantitative estimate of drug-likeness (QED) is 0.696. The summed E-state index contributed by atoms with van der Waals surface area (Å²) in [5.74, 6) is -0.813. The molecule has 2 aromatic carbocycles. The van der Waals surface area contributed by atoms with Crippen LogP contribution in [0.5, 0.6) is 0 Å². The third-order valence-electron chi connectivity index (χ3n) is 5.88. The smallest absolute Gasteiger partial charge is 0.270 e. The summed E-state index contributed by atoms with van der Waals surface area (Å²) in [5, 5.41) is 6.05. The first-order valence-corrected chi connectivity index (χ1v) is 12.2. The SMILES string of the molecule is CC(=O)C1CC(C(=O)N2CCC(NS(=O)(=O)c3ccc(F)cc3)CC2)=NN1c1ccccc1. The van der Waals surface area contributed by atoms with E-state index in [0.29, 0.717) is 31.6 Å². The van der Waals surface area contributed by atoms with Crippen molar-refractivity contribution < 1.29 is 22.4 Å². The Hall–Kier alpha value is -3.11. The molecular formula is C23H25FN4O4S. The molecule has 1 fully saturated rings. The van der Waals surface area contributed by atoms with E-state index in [2.05, 4.69) is 9.82 Å². The Bertz CT molecular complexity index is 1160. The van der Waals surface area contributed by atoms with Gasteiger partial charge in [-0.25, -0.2) is 17.5 Å². The second kappa shape index (κ2) is 9.40. The molecule has 0 radical (unpaired) electrons. The Morgan fingerprint density at radius 2 is 1.67 bits per heavy atom. The topological polar surface area (TPSA) is 99.2 Å². The van der Waals surface area contributed by atoms with Crippen LogP contribution in [-0.2, 0) is 19.6 Å². The van der Waals surface area contributed by atoms with Crippen molar-refractivity contribution in [3.05, 3.63) is 60.4 Å². The molecule has 0 saturated carbocycles. The summed E-state index contributed by atoms with van der Waals surface area (Å²) in [7, 11) is -3.77. The molecule has 0 aliphatic carbocycles. The van der Waals surface area contributed by atoms with Gasteiger partial charge in [-0.2, -0.15) is 5.10 Å². The van der Waals surface area contributed by atoms with Crippen molar-refractivity contribution >= 4 is 33.1 Å². The van der Waals surface area contributed by atoms with Crippen LogP contribution >= 0.6 is 0 Å². The molecule has 0 aromatic heterocycles. The van der Waals surface area contributed by atoms with E-state index in [0.717, 1.165) is 17.8 Å². The number of carbonyl (C=O) groups is 2. The average Bonchev–Trinajstić information content (AvgIpc) is 3.26. The zero-order valence-electron chi connectivity index (χ0n) is 18.1. The normalized spacial score (nSPS) is 19.5. The van der Waals surface area contributed by atoms with Gasteiger partial charge in [-0.05, 0) is 56.2 Å². The van der Waals surface area contributed by atoms with Crippen LogP contribution in [0, 0.1) is 5.82 Å². The number of rotatable bonds is 6. The van der Waals surface area contributed by atoms with E-state index in [-0.39, 0.29) is 29.0 Å². The fourth-order valence-corrected chi connectivity index (χ4v) is 5.36. The predicted molar refractivity (Wildman–Crippen MR) is 122 cm³/mol. The maximum absolute atomic E-state index is 13.1. The van der Waals surface area contributed by atoms with Gasteiger partial charge >= 0.3 is 0 Å². The predicted octanol–water partition coefficient (Wildman–Crippen LogP) is 2.32. The van der Waals surface area contributed by atoms with Gasteiger partial charge in [0.25, 0.3) is 5.91 Å². The Morgan fingerprint density at radius 3 is 2.27 bits per heavy atom. The van der Waals surface area contributed by atoms with Gasteiger partial charge in [-0.1, -0.05) is 18.2 Å². The zero-order valence-corrected chi connectivity index (χ0v) is 19.0. The largest absolute Gasteiger partial charge is 0.337 e. The third-order valence-corrected chi connectivity index (χ3v) is 7.41. The Morgan fingerprint density at radius 1 is 1.03 bits per heavy atom. The molecule has 2 aromatic rings. The summed E-state index contributed by atoms with van der Waals surface area (Å²) >= 11 is 0. The van der Waals surface area contributed by atoms with Gasteiger partial charge in [0.15, 0.2) is 5.78 Å². The highest BCUT2D eigenvalue weighted by atomic mass is 32.2. The van der Waals surface area contributed by atoms with Crippen LogP contribution in [0.3, 0.4) is 0 Å². The number of nitrogens with one attached hydrogen (secondary N) is 1. The van der Waals surface area contributed by atoms with Crippen molar-refractivity contribution in [2.75, 3.05) is 18.1 Å². The number of piperidine rings is 1. The number of anilines is 1. The van der Waals surface area contributed by atoms with E-state index in [1.807, 2.05) is 30.3 Å². The number of likely N-dealkylation sites (tertiary alicyclic amines) is 1. The van der Waals surface area contributed by atoms with Gasteiger partial charge in [0, 0.05) is 25.6 Å². The van der Waals surface area contributed by atoms with Crippen LogP contribution in [0.2, 0.25) is 0 Å². The van der Waals surface area contributed by atoms with E-state index in [4.69, 9.17) is 0 Å². The van der Waals surface area contributed by atoms with Crippen molar-refractivity contribution in [1.82, 2.24) is 9.62 Å². The molecule has 8 nitrogen and oxygen atoms in total. The molecule has 2 heterocycles. The fraction of sp³-hybridized carbons (Fsp3) is 0.348. The van der Waals surface area contributed by atoms with E-state index in [1.165, 1.54) is 19.1 Å². The molecule has 33 heavy (non-hydrogen) atoms. The Balaban J connectivity index is 1.39. The summed E-state index contributed by atoms with van der Waals surface area (Å²) in [4.78, 5) is 26.9. The number of ketones is 1. The molecule has 1 saturated heterocycles. The van der Waals surface area contributed by atoms with Gasteiger partial charge in [0.1, 0.15) is 17.6 Å². The lowest BCUT2D eigenvalue weighted by molar-refractivity contribution is -0.125. The lowest BCUT2D eigenvalue weighted by Crippen LogP contribution is -2.48. The summed E-state index contributed by atoms with van der Waals surface area (Å²) in [6.07, 6.45) is 1.12. The number of nitrogens with zero attached hydrogens (tertiary/aromatic N) is 3. The second-order valence-electron chi connectivity index (χ2n) is 8.20. The molecule has 1 amide bonds. The first-order valence-electron chi connectivity index (χ1n) is 10.7. The number of para-hydroxylation sites is 1. The number of sulfonamides is 1. The standard InChI is InChI=1S/C23H25FN4O4S/c1-16(29)22-15-21(25-28(22)19-5-3-2-4-6-19)23(30)27-13-11-18(12-14-27)26-33(31,32)20-9-7-17(24)8-10-20/h2-10,18,22,26H,11-15H2,1H3. The number of hydrogen-bond donors (Lipinski definition) is 1. The molecule has 1 N–H and O–H groups in total. The summed E-state index contributed by atoms with van der Waals surface area (Å²) in [5.41, 5.74) is 1.07. The van der Waals surface area contributed by atoms with E-state index >= 15 is 0 Å². The van der Waals surface area contributed by atoms with Gasteiger partial charge < -0.3 is 4.90 Å². The van der Waals surface area contributed by atoms with Crippen molar-refractivity contribution in [3.63, 3.8) is 0 Å². The number of benzene rings is 2. The molecule has 174 valence electrons. The lowest BCUT2D eigenvalue weighted by atomic mass is 10.0. The minimum Gasteiger partial charge on any atom is -0.337 e. The van der Waals surface area contributed by atoms with Crippen LogP contribution in [-0.4, -0.2) is 55.9 Å². The molecule has 2 aliphatic rings. The molecule has 0 spiro atoms. The Kier molecular flexibility index (Phi) is 6.57. The fourth-order valence-electron chi connectivity index (χ4n) is 4.06. The lowest BCUT2D eigenvalue weighted by Gasteiger charge is -2.32. The first kappa shape index (κ1) is 23.1. The maximum Gasteiger partial charge on any atom is 0.270 e. The molecule has 1 unspecified atom stereocenters. The van der Waals surface area contributed by atoms with Gasteiger partial charge in [-0.15, -0.1) is 0 Å². The highest BCUT2D eigenvalue weighted by molar-refractivity contribution is 7.89. The monoisotopic (exact) mass is 472 g/mol. The van der Waals surface area contributed by atoms with Crippen LogP contribution in [0.1, 0.15) is 26.2 Å². The molecule has 0 bridgehead atoms. The van der Waals surface area contributed by atoms with Gasteiger partial charge in [0.2, 0.25) is 10.0 Å². The highest BCUT2D eigenvalue weighted by Gasteiger charge is 2.37. The van der Waals surface area contributed by atoms with Crippen molar-refractivity contribution in [3.8, 4) is 0 Å². The summed E-state index contributed by atoms with van der Waals surface area (Å²) in [6.45, 7) is 2.22. The minimum atomic E-state index is -3.77. The van der Waals surface area contributed by atoms with E-state index in [9.17, 15) is 22.4 Å². The first-order chi connectivity index (χ1) is 15.7.